The van der Waals surface area contributed by atoms with E-state index >= 15 is 0 Å². The van der Waals surface area contributed by atoms with Gasteiger partial charge in [-0.15, -0.1) is 10.2 Å². The lowest BCUT2D eigenvalue weighted by Gasteiger charge is -2.22. The van der Waals surface area contributed by atoms with Crippen LogP contribution >= 0.6 is 11.8 Å². The largest absolute Gasteiger partial charge is 0.353 e. The van der Waals surface area contributed by atoms with Gasteiger partial charge in [-0.3, -0.25) is 4.79 Å². The molecule has 0 spiro atoms. The number of hydrogen-bond acceptors (Lipinski definition) is 4. The number of fused-ring (bicyclic) bond motifs is 1. The summed E-state index contributed by atoms with van der Waals surface area (Å²) in [6.45, 7) is 3.04. The lowest BCUT2D eigenvalue weighted by molar-refractivity contribution is -0.119. The lowest BCUT2D eigenvalue weighted by atomic mass is 9.95. The van der Waals surface area contributed by atoms with Crippen LogP contribution in [0.15, 0.2) is 35.6 Å². The Balaban J connectivity index is 1.48. The molecule has 0 bridgehead atoms. The van der Waals surface area contributed by atoms with Crippen molar-refractivity contribution in [3.05, 3.63) is 30.5 Å². The second-order valence-corrected chi connectivity index (χ2v) is 8.34. The fourth-order valence-corrected chi connectivity index (χ4v) is 4.73. The maximum atomic E-state index is 12.3. The number of carbonyl (C=O) groups excluding carboxylic acids is 1. The first kappa shape index (κ1) is 19.1. The van der Waals surface area contributed by atoms with Crippen LogP contribution in [0, 0.1) is 0 Å². The Morgan fingerprint density at radius 3 is 2.79 bits per heavy atom. The lowest BCUT2D eigenvalue weighted by Crippen LogP contribution is -2.37. The number of hydrogen-bond donors (Lipinski definition) is 1. The van der Waals surface area contributed by atoms with Gasteiger partial charge in [0.25, 0.3) is 0 Å². The van der Waals surface area contributed by atoms with E-state index in [1.807, 2.05) is 17.7 Å². The topological polar surface area (TPSA) is 64.7 Å². The zero-order valence-electron chi connectivity index (χ0n) is 16.5. The standard InChI is InChI=1S/C21H27N5OS/c1-3-26-13-17(16-11-7-8-12-18(16)26)20-23-24-21(25(20)2)28-14-19(27)22-15-9-5-4-6-10-15/h7-8,11-13,15H,3-6,9-10,14H2,1-2H3,(H,22,27). The van der Waals surface area contributed by atoms with Crippen LogP contribution in [0.1, 0.15) is 39.0 Å². The summed E-state index contributed by atoms with van der Waals surface area (Å²) in [5.41, 5.74) is 2.27. The van der Waals surface area contributed by atoms with Crippen LogP contribution in [-0.4, -0.2) is 37.0 Å². The van der Waals surface area contributed by atoms with Crippen molar-refractivity contribution in [3.63, 3.8) is 0 Å². The quantitative estimate of drug-likeness (QED) is 0.639. The van der Waals surface area contributed by atoms with Crippen molar-refractivity contribution < 1.29 is 4.79 Å². The highest BCUT2D eigenvalue weighted by molar-refractivity contribution is 7.99. The summed E-state index contributed by atoms with van der Waals surface area (Å²) in [6, 6.07) is 8.70. The minimum Gasteiger partial charge on any atom is -0.353 e. The molecule has 1 aliphatic rings. The molecule has 148 valence electrons. The predicted octanol–water partition coefficient (Wildman–Crippen LogP) is 4.00. The highest BCUT2D eigenvalue weighted by atomic mass is 32.2. The number of carbonyl (C=O) groups is 1. The summed E-state index contributed by atoms with van der Waals surface area (Å²) in [5, 5.41) is 13.9. The van der Waals surface area contributed by atoms with Gasteiger partial charge in [0.05, 0.1) is 5.75 Å². The van der Waals surface area contributed by atoms with Crippen molar-refractivity contribution in [1.29, 1.82) is 0 Å². The molecular formula is C21H27N5OS. The highest BCUT2D eigenvalue weighted by Gasteiger charge is 2.19. The molecule has 0 atom stereocenters. The van der Waals surface area contributed by atoms with Gasteiger partial charge in [0, 0.05) is 42.3 Å². The van der Waals surface area contributed by atoms with E-state index in [1.165, 1.54) is 41.9 Å². The number of aromatic nitrogens is 4. The minimum atomic E-state index is 0.0871. The maximum absolute atomic E-state index is 12.3. The third-order valence-corrected chi connectivity index (χ3v) is 6.53. The number of thioether (sulfide) groups is 1. The van der Waals surface area contributed by atoms with Crippen molar-refractivity contribution in [2.75, 3.05) is 5.75 Å². The van der Waals surface area contributed by atoms with Crippen LogP contribution in [0.4, 0.5) is 0 Å². The second-order valence-electron chi connectivity index (χ2n) is 7.40. The molecule has 0 radical (unpaired) electrons. The molecule has 28 heavy (non-hydrogen) atoms. The molecule has 1 aliphatic carbocycles. The Morgan fingerprint density at radius 2 is 2.00 bits per heavy atom. The van der Waals surface area contributed by atoms with Gasteiger partial charge < -0.3 is 14.5 Å². The molecule has 3 aromatic rings. The Labute approximate surface area is 169 Å². The zero-order chi connectivity index (χ0) is 19.5. The number of amides is 1. The van der Waals surface area contributed by atoms with E-state index in [4.69, 9.17) is 0 Å². The normalized spacial score (nSPS) is 15.2. The van der Waals surface area contributed by atoms with E-state index in [9.17, 15) is 4.79 Å². The van der Waals surface area contributed by atoms with E-state index in [0.29, 0.717) is 11.8 Å². The fourth-order valence-electron chi connectivity index (χ4n) is 4.01. The first-order valence-electron chi connectivity index (χ1n) is 10.1. The Morgan fingerprint density at radius 1 is 1.21 bits per heavy atom. The number of aryl methyl sites for hydroxylation is 1. The van der Waals surface area contributed by atoms with Gasteiger partial charge in [0.15, 0.2) is 11.0 Å². The zero-order valence-corrected chi connectivity index (χ0v) is 17.3. The van der Waals surface area contributed by atoms with Gasteiger partial charge in [0.1, 0.15) is 0 Å². The van der Waals surface area contributed by atoms with Crippen LogP contribution in [0.5, 0.6) is 0 Å². The van der Waals surface area contributed by atoms with Crippen LogP contribution in [0.2, 0.25) is 0 Å². The van der Waals surface area contributed by atoms with Crippen molar-refractivity contribution in [3.8, 4) is 11.4 Å². The van der Waals surface area contributed by atoms with E-state index in [2.05, 4.69) is 51.4 Å². The Hall–Kier alpha value is -2.28. The third kappa shape index (κ3) is 3.81. The summed E-state index contributed by atoms with van der Waals surface area (Å²) >= 11 is 1.45. The summed E-state index contributed by atoms with van der Waals surface area (Å²) in [5.74, 6) is 1.29. The van der Waals surface area contributed by atoms with Crippen LogP contribution in [0.25, 0.3) is 22.3 Å². The maximum Gasteiger partial charge on any atom is 0.230 e. The molecule has 1 aromatic carbocycles. The number of nitrogens with zero attached hydrogens (tertiary/aromatic N) is 4. The minimum absolute atomic E-state index is 0.0871. The highest BCUT2D eigenvalue weighted by Crippen LogP contribution is 2.31. The molecule has 2 heterocycles. The van der Waals surface area contributed by atoms with Crippen molar-refractivity contribution in [2.45, 2.75) is 56.8 Å². The molecule has 7 heteroatoms. The molecule has 1 fully saturated rings. The number of benzene rings is 1. The predicted molar refractivity (Wildman–Crippen MR) is 113 cm³/mol. The SMILES string of the molecule is CCn1cc(-c2nnc(SCC(=O)NC3CCCCC3)n2C)c2ccccc21. The summed E-state index contributed by atoms with van der Waals surface area (Å²) in [6.07, 6.45) is 8.07. The van der Waals surface area contributed by atoms with E-state index in [0.717, 1.165) is 35.9 Å². The molecule has 0 saturated heterocycles. The molecule has 1 N–H and O–H groups in total. The molecule has 6 nitrogen and oxygen atoms in total. The van der Waals surface area contributed by atoms with Crippen LogP contribution in [-0.2, 0) is 18.4 Å². The number of para-hydroxylation sites is 1. The average molecular weight is 398 g/mol. The smallest absolute Gasteiger partial charge is 0.230 e. The first-order valence-corrected chi connectivity index (χ1v) is 11.1. The Kier molecular flexibility index (Phi) is 5.71. The molecule has 4 rings (SSSR count). The Bertz CT molecular complexity index is 970. The molecule has 0 aliphatic heterocycles. The average Bonchev–Trinajstić information content (AvgIpc) is 3.27. The molecule has 1 amide bonds. The first-order chi connectivity index (χ1) is 13.7. The molecular weight excluding hydrogens is 370 g/mol. The third-order valence-electron chi connectivity index (χ3n) is 5.51. The van der Waals surface area contributed by atoms with E-state index in [1.54, 1.807) is 0 Å². The van der Waals surface area contributed by atoms with Gasteiger partial charge >= 0.3 is 0 Å². The van der Waals surface area contributed by atoms with Gasteiger partial charge in [0.2, 0.25) is 5.91 Å². The van der Waals surface area contributed by atoms with E-state index in [-0.39, 0.29) is 5.91 Å². The summed E-state index contributed by atoms with van der Waals surface area (Å²) in [4.78, 5) is 12.3. The number of nitrogens with one attached hydrogen (secondary N) is 1. The summed E-state index contributed by atoms with van der Waals surface area (Å²) in [7, 11) is 1.97. The van der Waals surface area contributed by atoms with E-state index < -0.39 is 0 Å². The summed E-state index contributed by atoms with van der Waals surface area (Å²) < 4.78 is 4.21. The van der Waals surface area contributed by atoms with Crippen molar-refractivity contribution in [2.24, 2.45) is 7.05 Å². The second kappa shape index (κ2) is 8.39. The van der Waals surface area contributed by atoms with Crippen LogP contribution in [0.3, 0.4) is 0 Å². The van der Waals surface area contributed by atoms with Crippen molar-refractivity contribution >= 4 is 28.6 Å². The van der Waals surface area contributed by atoms with Gasteiger partial charge in [-0.1, -0.05) is 49.2 Å². The number of rotatable bonds is 6. The molecule has 1 saturated carbocycles. The molecule has 2 aromatic heterocycles. The van der Waals surface area contributed by atoms with Crippen molar-refractivity contribution in [1.82, 2.24) is 24.6 Å². The monoisotopic (exact) mass is 397 g/mol. The van der Waals surface area contributed by atoms with Gasteiger partial charge in [-0.2, -0.15) is 0 Å². The van der Waals surface area contributed by atoms with Gasteiger partial charge in [-0.25, -0.2) is 0 Å². The fraction of sp³-hybridized carbons (Fsp3) is 0.476. The van der Waals surface area contributed by atoms with Gasteiger partial charge in [-0.05, 0) is 25.8 Å². The molecule has 0 unspecified atom stereocenters. The van der Waals surface area contributed by atoms with Crippen LogP contribution < -0.4 is 5.32 Å².